The summed E-state index contributed by atoms with van der Waals surface area (Å²) in [5, 5.41) is 0.255. The molecule has 0 heterocycles. The van der Waals surface area contributed by atoms with Gasteiger partial charge in [-0.2, -0.15) is 21.6 Å². The molecule has 0 bridgehead atoms. The highest BCUT2D eigenvalue weighted by molar-refractivity contribution is 9.09. The minimum absolute atomic E-state index is 0.0121. The zero-order valence-electron chi connectivity index (χ0n) is 8.33. The third-order valence-corrected chi connectivity index (χ3v) is 3.33. The van der Waals surface area contributed by atoms with Crippen molar-refractivity contribution in [3.8, 4) is 0 Å². The van der Waals surface area contributed by atoms with Crippen molar-refractivity contribution in [1.82, 2.24) is 0 Å². The molecule has 1 N–H and O–H groups in total. The number of hydrogen-bond donors (Lipinski definition) is 1. The maximum atomic E-state index is 12.8. The van der Waals surface area contributed by atoms with Gasteiger partial charge in [-0.3, -0.25) is 4.55 Å². The van der Waals surface area contributed by atoms with Crippen LogP contribution in [-0.2, 0) is 22.7 Å². The van der Waals surface area contributed by atoms with E-state index in [1.807, 2.05) is 0 Å². The van der Waals surface area contributed by atoms with Crippen molar-refractivity contribution in [2.45, 2.75) is 17.5 Å². The van der Waals surface area contributed by atoms with Gasteiger partial charge in [-0.25, -0.2) is 0 Å². The monoisotopic (exact) mass is 332 g/mol. The third kappa shape index (κ3) is 3.43. The van der Waals surface area contributed by atoms with Crippen LogP contribution in [0.15, 0.2) is 23.1 Å². The molecule has 0 saturated heterocycles. The van der Waals surface area contributed by atoms with E-state index in [1.54, 1.807) is 0 Å². The van der Waals surface area contributed by atoms with Crippen LogP contribution >= 0.6 is 15.9 Å². The lowest BCUT2D eigenvalue weighted by molar-refractivity contribution is -0.140. The van der Waals surface area contributed by atoms with Crippen LogP contribution in [0.4, 0.5) is 13.2 Å². The first-order chi connectivity index (χ1) is 7.68. The summed E-state index contributed by atoms with van der Waals surface area (Å²) in [6.45, 7) is 0. The van der Waals surface area contributed by atoms with E-state index in [-0.39, 0.29) is 17.3 Å². The van der Waals surface area contributed by atoms with Crippen LogP contribution in [0.1, 0.15) is 11.1 Å². The first kappa shape index (κ1) is 14.5. The Labute approximate surface area is 105 Å². The van der Waals surface area contributed by atoms with Crippen LogP contribution in [0.3, 0.4) is 0 Å². The van der Waals surface area contributed by atoms with Crippen molar-refractivity contribution in [2.24, 2.45) is 0 Å². The summed E-state index contributed by atoms with van der Waals surface area (Å²) in [5.74, 6) is 0. The van der Waals surface area contributed by atoms with Crippen LogP contribution in [0.25, 0.3) is 0 Å². The Kier molecular flexibility index (Phi) is 4.21. The lowest BCUT2D eigenvalue weighted by atomic mass is 10.1. The average molecular weight is 333 g/mol. The van der Waals surface area contributed by atoms with Gasteiger partial charge in [0.05, 0.1) is 5.56 Å². The van der Waals surface area contributed by atoms with Crippen LogP contribution in [0.2, 0.25) is 0 Å². The van der Waals surface area contributed by atoms with Gasteiger partial charge in [0.2, 0.25) is 0 Å². The van der Waals surface area contributed by atoms with E-state index in [0.29, 0.717) is 0 Å². The molecule has 0 aliphatic rings. The van der Waals surface area contributed by atoms with Gasteiger partial charge in [0.1, 0.15) is 4.90 Å². The Hall–Kier alpha value is -0.600. The summed E-state index contributed by atoms with van der Waals surface area (Å²) >= 11 is 2.98. The SMILES string of the molecule is O=S(=O)(O)c1cccc(CCBr)c1C(F)(F)F. The second-order valence-electron chi connectivity index (χ2n) is 3.20. The molecule has 0 radical (unpaired) electrons. The number of aryl methyl sites for hydroxylation is 1. The molecule has 0 amide bonds. The normalized spacial score (nSPS) is 12.8. The van der Waals surface area contributed by atoms with Gasteiger partial charge in [0.15, 0.2) is 0 Å². The van der Waals surface area contributed by atoms with Crippen LogP contribution < -0.4 is 0 Å². The van der Waals surface area contributed by atoms with Gasteiger partial charge >= 0.3 is 6.18 Å². The van der Waals surface area contributed by atoms with Crippen molar-refractivity contribution in [2.75, 3.05) is 5.33 Å². The van der Waals surface area contributed by atoms with Crippen molar-refractivity contribution >= 4 is 26.0 Å². The Morgan fingerprint density at radius 1 is 1.29 bits per heavy atom. The average Bonchev–Trinajstić information content (AvgIpc) is 2.14. The molecule has 96 valence electrons. The number of alkyl halides is 4. The third-order valence-electron chi connectivity index (χ3n) is 2.04. The van der Waals surface area contributed by atoms with E-state index in [9.17, 15) is 21.6 Å². The standard InChI is InChI=1S/C9H8BrF3O3S/c10-5-4-6-2-1-3-7(17(14,15)16)8(6)9(11,12)13/h1-3H,4-5H2,(H,14,15,16). The summed E-state index contributed by atoms with van der Waals surface area (Å²) in [6, 6.07) is 3.07. The largest absolute Gasteiger partial charge is 0.418 e. The quantitative estimate of drug-likeness (QED) is 0.684. The predicted octanol–water partition coefficient (Wildman–Crippen LogP) is 2.89. The lowest BCUT2D eigenvalue weighted by Gasteiger charge is -2.15. The number of rotatable bonds is 3. The summed E-state index contributed by atoms with van der Waals surface area (Å²) in [6.07, 6.45) is -4.82. The highest BCUT2D eigenvalue weighted by atomic mass is 79.9. The fourth-order valence-electron chi connectivity index (χ4n) is 1.42. The Morgan fingerprint density at radius 3 is 2.29 bits per heavy atom. The minimum atomic E-state index is -4.89. The fourth-order valence-corrected chi connectivity index (χ4v) is 2.61. The first-order valence-corrected chi connectivity index (χ1v) is 6.96. The second kappa shape index (κ2) is 4.95. The highest BCUT2D eigenvalue weighted by Crippen LogP contribution is 2.37. The van der Waals surface area contributed by atoms with E-state index in [1.165, 1.54) is 6.07 Å². The van der Waals surface area contributed by atoms with E-state index in [2.05, 4.69) is 15.9 Å². The van der Waals surface area contributed by atoms with Gasteiger partial charge in [-0.1, -0.05) is 28.1 Å². The van der Waals surface area contributed by atoms with Crippen LogP contribution in [-0.4, -0.2) is 18.3 Å². The minimum Gasteiger partial charge on any atom is -0.282 e. The number of halogens is 4. The molecule has 0 spiro atoms. The molecule has 3 nitrogen and oxygen atoms in total. The Bertz CT molecular complexity index is 511. The molecule has 17 heavy (non-hydrogen) atoms. The molecule has 8 heteroatoms. The zero-order chi connectivity index (χ0) is 13.3. The van der Waals surface area contributed by atoms with Crippen LogP contribution in [0, 0.1) is 0 Å². The Balaban J connectivity index is 3.57. The Morgan fingerprint density at radius 2 is 1.88 bits per heavy atom. The van der Waals surface area contributed by atoms with Gasteiger partial charge < -0.3 is 0 Å². The van der Waals surface area contributed by atoms with E-state index < -0.39 is 26.8 Å². The van der Waals surface area contributed by atoms with Crippen LogP contribution in [0.5, 0.6) is 0 Å². The molecule has 0 saturated carbocycles. The summed E-state index contributed by atoms with van der Waals surface area (Å²) < 4.78 is 68.9. The molecule has 1 aromatic carbocycles. The highest BCUT2D eigenvalue weighted by Gasteiger charge is 2.38. The number of benzene rings is 1. The lowest BCUT2D eigenvalue weighted by Crippen LogP contribution is -2.16. The molecule has 0 aromatic heterocycles. The predicted molar refractivity (Wildman–Crippen MR) is 58.8 cm³/mol. The van der Waals surface area contributed by atoms with E-state index in [4.69, 9.17) is 4.55 Å². The molecule has 0 unspecified atom stereocenters. The first-order valence-electron chi connectivity index (χ1n) is 4.40. The second-order valence-corrected chi connectivity index (χ2v) is 5.39. The molecule has 0 aliphatic heterocycles. The summed E-state index contributed by atoms with van der Waals surface area (Å²) in [5.41, 5.74) is -1.48. The summed E-state index contributed by atoms with van der Waals surface area (Å²) in [7, 11) is -4.89. The topological polar surface area (TPSA) is 54.4 Å². The zero-order valence-corrected chi connectivity index (χ0v) is 10.7. The maximum Gasteiger partial charge on any atom is 0.418 e. The molecule has 1 rings (SSSR count). The van der Waals surface area contributed by atoms with Gasteiger partial charge in [0, 0.05) is 5.33 Å². The fraction of sp³-hybridized carbons (Fsp3) is 0.333. The van der Waals surface area contributed by atoms with Gasteiger partial charge in [0.25, 0.3) is 10.1 Å². The van der Waals surface area contributed by atoms with Crippen molar-refractivity contribution in [3.05, 3.63) is 29.3 Å². The molecular formula is C9H8BrF3O3S. The smallest absolute Gasteiger partial charge is 0.282 e. The van der Waals surface area contributed by atoms with Gasteiger partial charge in [-0.15, -0.1) is 0 Å². The van der Waals surface area contributed by atoms with Crippen molar-refractivity contribution in [3.63, 3.8) is 0 Å². The molecule has 0 fully saturated rings. The van der Waals surface area contributed by atoms with Crippen molar-refractivity contribution in [1.29, 1.82) is 0 Å². The molecule has 0 aliphatic carbocycles. The van der Waals surface area contributed by atoms with E-state index >= 15 is 0 Å². The molecular weight excluding hydrogens is 325 g/mol. The van der Waals surface area contributed by atoms with Crippen molar-refractivity contribution < 1.29 is 26.1 Å². The van der Waals surface area contributed by atoms with E-state index in [0.717, 1.165) is 12.1 Å². The molecule has 0 atom stereocenters. The number of hydrogen-bond acceptors (Lipinski definition) is 2. The van der Waals surface area contributed by atoms with Gasteiger partial charge in [-0.05, 0) is 18.1 Å². The summed E-state index contributed by atoms with van der Waals surface area (Å²) in [4.78, 5) is -1.11. The molecule has 1 aromatic rings. The maximum absolute atomic E-state index is 12.8.